The van der Waals surface area contributed by atoms with Crippen molar-refractivity contribution >= 4 is 68.3 Å². The fourth-order valence-corrected chi connectivity index (χ4v) is 4.87. The van der Waals surface area contributed by atoms with E-state index in [-0.39, 0.29) is 33.3 Å². The smallest absolute Gasteiger partial charge is 0.274 e. The van der Waals surface area contributed by atoms with Gasteiger partial charge in [0.05, 0.1) is 21.5 Å². The van der Waals surface area contributed by atoms with Crippen LogP contribution in [0.1, 0.15) is 48.4 Å². The zero-order valence-corrected chi connectivity index (χ0v) is 29.1. The summed E-state index contributed by atoms with van der Waals surface area (Å²) in [4.78, 5) is 65.7. The summed E-state index contributed by atoms with van der Waals surface area (Å²) in [7, 11) is 10.5. The van der Waals surface area contributed by atoms with E-state index in [0.29, 0.717) is 29.3 Å². The maximum absolute atomic E-state index is 13.2. The van der Waals surface area contributed by atoms with E-state index in [1.165, 1.54) is 22.9 Å². The standard InChI is InChI=1S/C31H38BrN11O5/c1-18(32)27(44)37-26-14-25(43(7)38-26)31(48)36-21-13-24(42(6)17-21)30(47)35-20-12-23(41(5)16-20)29(46)34-19-11-22(40(4)15-19)28(45)33-9-8-10-39(2)3/h11-17H,1,8-10H2,2-7H3,(H,33,45)(H,34,46)(H,35,47)(H,36,48)(H,37,38,44). The molecule has 0 saturated carbocycles. The van der Waals surface area contributed by atoms with Crippen LogP contribution in [0.3, 0.4) is 0 Å². The van der Waals surface area contributed by atoms with Gasteiger partial charge >= 0.3 is 0 Å². The largest absolute Gasteiger partial charge is 0.351 e. The van der Waals surface area contributed by atoms with Crippen LogP contribution in [0.25, 0.3) is 0 Å². The number of nitrogens with one attached hydrogen (secondary N) is 5. The Kier molecular flexibility index (Phi) is 11.1. The molecule has 0 aliphatic carbocycles. The number of aryl methyl sites for hydroxylation is 4. The Hall–Kier alpha value is -5.42. The molecule has 0 aromatic carbocycles. The minimum atomic E-state index is -0.509. The molecule has 4 rings (SSSR count). The molecule has 48 heavy (non-hydrogen) atoms. The lowest BCUT2D eigenvalue weighted by Gasteiger charge is -2.10. The van der Waals surface area contributed by atoms with Crippen LogP contribution < -0.4 is 26.6 Å². The Balaban J connectivity index is 1.37. The topological polar surface area (TPSA) is 181 Å². The van der Waals surface area contributed by atoms with E-state index < -0.39 is 23.6 Å². The van der Waals surface area contributed by atoms with Crippen LogP contribution in [0, 0.1) is 0 Å². The third-order valence-corrected chi connectivity index (χ3v) is 7.51. The maximum atomic E-state index is 13.2. The first-order chi connectivity index (χ1) is 22.6. The molecule has 4 heterocycles. The first-order valence-electron chi connectivity index (χ1n) is 14.7. The number of halogens is 1. The van der Waals surface area contributed by atoms with Gasteiger partial charge in [0.2, 0.25) is 0 Å². The van der Waals surface area contributed by atoms with E-state index in [9.17, 15) is 24.0 Å². The third-order valence-electron chi connectivity index (χ3n) is 7.15. The number of nitrogens with zero attached hydrogens (tertiary/aromatic N) is 6. The third kappa shape index (κ3) is 8.68. The molecule has 5 N–H and O–H groups in total. The van der Waals surface area contributed by atoms with Crippen LogP contribution >= 0.6 is 15.9 Å². The van der Waals surface area contributed by atoms with Gasteiger partial charge in [0.1, 0.15) is 22.8 Å². The van der Waals surface area contributed by atoms with Crippen molar-refractivity contribution in [2.75, 3.05) is 48.5 Å². The van der Waals surface area contributed by atoms with Crippen molar-refractivity contribution in [2.24, 2.45) is 28.2 Å². The Morgan fingerprint density at radius 2 is 1.15 bits per heavy atom. The van der Waals surface area contributed by atoms with Crippen LogP contribution in [-0.4, -0.2) is 85.1 Å². The van der Waals surface area contributed by atoms with Crippen molar-refractivity contribution in [1.29, 1.82) is 0 Å². The highest BCUT2D eigenvalue weighted by Crippen LogP contribution is 2.20. The molecule has 4 aromatic heterocycles. The number of hydrogen-bond acceptors (Lipinski definition) is 7. The second-order valence-corrected chi connectivity index (χ2v) is 12.3. The Bertz CT molecular complexity index is 1900. The van der Waals surface area contributed by atoms with E-state index >= 15 is 0 Å². The highest BCUT2D eigenvalue weighted by atomic mass is 79.9. The number of anilines is 4. The fraction of sp³-hybridized carbons (Fsp3) is 0.290. The first kappa shape index (κ1) is 35.4. The van der Waals surface area contributed by atoms with Gasteiger partial charge in [0.15, 0.2) is 5.82 Å². The average molecular weight is 725 g/mol. The lowest BCUT2D eigenvalue weighted by Crippen LogP contribution is -2.28. The molecule has 0 aliphatic heterocycles. The zero-order chi connectivity index (χ0) is 35.3. The van der Waals surface area contributed by atoms with Gasteiger partial charge < -0.3 is 45.2 Å². The Labute approximate surface area is 285 Å². The van der Waals surface area contributed by atoms with Crippen molar-refractivity contribution < 1.29 is 24.0 Å². The molecule has 0 spiro atoms. The summed E-state index contributed by atoms with van der Waals surface area (Å²) >= 11 is 2.99. The van der Waals surface area contributed by atoms with E-state index in [2.05, 4.69) is 54.2 Å². The molecule has 0 saturated heterocycles. The summed E-state index contributed by atoms with van der Waals surface area (Å²) in [5.41, 5.74) is 2.26. The van der Waals surface area contributed by atoms with Crippen LogP contribution in [0.15, 0.2) is 53.9 Å². The summed E-state index contributed by atoms with van der Waals surface area (Å²) in [5, 5.41) is 17.8. The van der Waals surface area contributed by atoms with Gasteiger partial charge in [-0.1, -0.05) is 6.58 Å². The molecule has 0 fully saturated rings. The van der Waals surface area contributed by atoms with Gasteiger partial charge in [-0.15, -0.1) is 0 Å². The zero-order valence-electron chi connectivity index (χ0n) is 27.5. The quantitative estimate of drug-likeness (QED) is 0.104. The predicted molar refractivity (Wildman–Crippen MR) is 186 cm³/mol. The lowest BCUT2D eigenvalue weighted by atomic mass is 10.3. The Morgan fingerprint density at radius 3 is 1.58 bits per heavy atom. The highest BCUT2D eigenvalue weighted by Gasteiger charge is 2.20. The molecule has 17 heteroatoms. The predicted octanol–water partition coefficient (Wildman–Crippen LogP) is 2.72. The maximum Gasteiger partial charge on any atom is 0.274 e. The molecule has 254 valence electrons. The number of amides is 5. The number of rotatable bonds is 13. The van der Waals surface area contributed by atoms with Crippen molar-refractivity contribution in [3.05, 3.63) is 76.7 Å². The lowest BCUT2D eigenvalue weighted by molar-refractivity contribution is -0.112. The SMILES string of the molecule is C=C(Br)C(=O)Nc1cc(C(=O)Nc2cc(C(=O)Nc3cc(C(=O)Nc4cc(C(=O)NCCCN(C)C)n(C)c4)n(C)c3)n(C)c2)n(C)n1. The molecule has 0 bridgehead atoms. The fourth-order valence-electron chi connectivity index (χ4n) is 4.77. The van der Waals surface area contributed by atoms with Gasteiger partial charge in [-0.05, 0) is 61.2 Å². The summed E-state index contributed by atoms with van der Waals surface area (Å²) in [6, 6.07) is 6.04. The van der Waals surface area contributed by atoms with Crippen LogP contribution in [0.4, 0.5) is 22.9 Å². The molecule has 0 unspecified atom stereocenters. The van der Waals surface area contributed by atoms with Crippen molar-refractivity contribution in [3.63, 3.8) is 0 Å². The van der Waals surface area contributed by atoms with Gasteiger partial charge in [0, 0.05) is 59.4 Å². The normalized spacial score (nSPS) is 10.9. The monoisotopic (exact) mass is 723 g/mol. The van der Waals surface area contributed by atoms with Gasteiger partial charge in [0.25, 0.3) is 29.5 Å². The van der Waals surface area contributed by atoms with Gasteiger partial charge in [-0.2, -0.15) is 5.10 Å². The van der Waals surface area contributed by atoms with Crippen LogP contribution in [0.2, 0.25) is 0 Å². The van der Waals surface area contributed by atoms with Crippen molar-refractivity contribution in [2.45, 2.75) is 6.42 Å². The molecule has 0 aliphatic rings. The van der Waals surface area contributed by atoms with E-state index in [1.807, 2.05) is 19.0 Å². The Morgan fingerprint density at radius 1 is 0.708 bits per heavy atom. The second kappa shape index (κ2) is 15.0. The van der Waals surface area contributed by atoms with Crippen LogP contribution in [-0.2, 0) is 33.0 Å². The minimum Gasteiger partial charge on any atom is -0.351 e. The molecular formula is C31H38BrN11O5. The number of aromatic nitrogens is 5. The van der Waals surface area contributed by atoms with E-state index in [1.54, 1.807) is 66.5 Å². The molecule has 0 atom stereocenters. The number of carbonyl (C=O) groups is 5. The van der Waals surface area contributed by atoms with Crippen molar-refractivity contribution in [1.82, 2.24) is 33.7 Å². The molecular weight excluding hydrogens is 686 g/mol. The summed E-state index contributed by atoms with van der Waals surface area (Å²) in [6.07, 6.45) is 5.63. The number of carbonyl (C=O) groups excluding carboxylic acids is 5. The minimum absolute atomic E-state index is 0.110. The summed E-state index contributed by atoms with van der Waals surface area (Å²) in [6.45, 7) is 4.88. The second-order valence-electron chi connectivity index (χ2n) is 11.3. The van der Waals surface area contributed by atoms with E-state index in [0.717, 1.165) is 13.0 Å². The van der Waals surface area contributed by atoms with Crippen LogP contribution in [0.5, 0.6) is 0 Å². The van der Waals surface area contributed by atoms with Gasteiger partial charge in [-0.3, -0.25) is 28.7 Å². The first-order valence-corrected chi connectivity index (χ1v) is 15.5. The van der Waals surface area contributed by atoms with Crippen molar-refractivity contribution in [3.8, 4) is 0 Å². The summed E-state index contributed by atoms with van der Waals surface area (Å²) in [5.74, 6) is -1.98. The van der Waals surface area contributed by atoms with Gasteiger partial charge in [-0.25, -0.2) is 0 Å². The highest BCUT2D eigenvalue weighted by molar-refractivity contribution is 9.12. The molecule has 5 amide bonds. The molecule has 4 aromatic rings. The average Bonchev–Trinajstić information content (AvgIpc) is 3.76. The van der Waals surface area contributed by atoms with E-state index in [4.69, 9.17) is 0 Å². The summed E-state index contributed by atoms with van der Waals surface area (Å²) < 4.78 is 6.18. The molecule has 0 radical (unpaired) electrons. The number of hydrogen-bond donors (Lipinski definition) is 5. The molecule has 16 nitrogen and oxygen atoms in total.